The van der Waals surface area contributed by atoms with Gasteiger partial charge in [0.1, 0.15) is 0 Å². The van der Waals surface area contributed by atoms with Crippen LogP contribution in [0.1, 0.15) is 5.56 Å². The Morgan fingerprint density at radius 2 is 1.42 bits per heavy atom. The first-order chi connectivity index (χ1) is 11.5. The number of para-hydroxylation sites is 2. The second-order valence-electron chi connectivity index (χ2n) is 5.36. The maximum absolute atomic E-state index is 13.9. The molecule has 0 aliphatic rings. The monoisotopic (exact) mass is 328 g/mol. The van der Waals surface area contributed by atoms with E-state index in [9.17, 15) is 13.2 Å². The van der Waals surface area contributed by atoms with Crippen molar-refractivity contribution in [2.24, 2.45) is 0 Å². The van der Waals surface area contributed by atoms with Crippen molar-refractivity contribution < 1.29 is 17.9 Å². The lowest BCUT2D eigenvalue weighted by atomic mass is 10.0. The summed E-state index contributed by atoms with van der Waals surface area (Å²) in [4.78, 5) is 8.71. The Bertz CT molecular complexity index is 1090. The zero-order valence-corrected chi connectivity index (χ0v) is 12.6. The first-order valence-corrected chi connectivity index (χ1v) is 7.23. The van der Waals surface area contributed by atoms with Gasteiger partial charge < -0.3 is 4.74 Å². The highest BCUT2D eigenvalue weighted by atomic mass is 19.4. The van der Waals surface area contributed by atoms with Gasteiger partial charge in [-0.15, -0.1) is 0 Å². The third-order valence-electron chi connectivity index (χ3n) is 3.96. The molecule has 2 aromatic carbocycles. The van der Waals surface area contributed by atoms with E-state index in [1.807, 2.05) is 0 Å². The number of methoxy groups -OCH3 is 1. The third kappa shape index (κ3) is 2.06. The van der Waals surface area contributed by atoms with Crippen molar-refractivity contribution in [1.29, 1.82) is 0 Å². The highest BCUT2D eigenvalue weighted by molar-refractivity contribution is 6.11. The van der Waals surface area contributed by atoms with Crippen molar-refractivity contribution in [2.45, 2.75) is 6.18 Å². The number of aromatic nitrogens is 2. The number of pyridine rings is 2. The van der Waals surface area contributed by atoms with Crippen molar-refractivity contribution in [3.63, 3.8) is 0 Å². The smallest absolute Gasteiger partial charge is 0.417 e. The standard InChI is InChI=1S/C18H11F3N2O/c1-24-17-14-15(18(19,20)21)10-6-2-4-8-12(10)22-16(14)11-7-3-5-9-13(11)23-17/h2-9H,1H3. The lowest BCUT2D eigenvalue weighted by molar-refractivity contribution is -0.135. The molecule has 0 amide bonds. The van der Waals surface area contributed by atoms with E-state index in [0.29, 0.717) is 10.9 Å². The molecule has 0 fully saturated rings. The van der Waals surface area contributed by atoms with E-state index < -0.39 is 11.7 Å². The second kappa shape index (κ2) is 5.06. The van der Waals surface area contributed by atoms with Gasteiger partial charge in [0.15, 0.2) is 0 Å². The van der Waals surface area contributed by atoms with Gasteiger partial charge in [0.2, 0.25) is 5.88 Å². The highest BCUT2D eigenvalue weighted by Gasteiger charge is 2.37. The summed E-state index contributed by atoms with van der Waals surface area (Å²) in [6.45, 7) is 0. The van der Waals surface area contributed by atoms with Gasteiger partial charge in [-0.1, -0.05) is 36.4 Å². The minimum atomic E-state index is -4.56. The molecule has 6 heteroatoms. The van der Waals surface area contributed by atoms with Crippen molar-refractivity contribution in [2.75, 3.05) is 7.11 Å². The minimum absolute atomic E-state index is 0.0351. The van der Waals surface area contributed by atoms with Gasteiger partial charge in [-0.3, -0.25) is 0 Å². The number of hydrogen-bond donors (Lipinski definition) is 0. The molecule has 24 heavy (non-hydrogen) atoms. The number of ether oxygens (including phenoxy) is 1. The normalized spacial score (nSPS) is 12.2. The van der Waals surface area contributed by atoms with Gasteiger partial charge in [-0.25, -0.2) is 9.97 Å². The summed E-state index contributed by atoms with van der Waals surface area (Å²) in [6, 6.07) is 13.2. The molecular formula is C18H11F3N2O. The largest absolute Gasteiger partial charge is 0.480 e. The molecule has 0 bridgehead atoms. The van der Waals surface area contributed by atoms with Crippen LogP contribution in [0.5, 0.6) is 5.88 Å². The van der Waals surface area contributed by atoms with Gasteiger partial charge in [-0.2, -0.15) is 13.2 Å². The number of benzene rings is 2. The molecule has 4 rings (SSSR count). The number of halogens is 3. The zero-order chi connectivity index (χ0) is 16.9. The Morgan fingerprint density at radius 3 is 2.04 bits per heavy atom. The molecule has 0 spiro atoms. The number of alkyl halides is 3. The van der Waals surface area contributed by atoms with Crippen LogP contribution in [0.2, 0.25) is 0 Å². The lowest BCUT2D eigenvalue weighted by Gasteiger charge is -2.16. The molecule has 4 aromatic rings. The van der Waals surface area contributed by atoms with E-state index in [4.69, 9.17) is 4.74 Å². The van der Waals surface area contributed by atoms with Crippen LogP contribution in [0.15, 0.2) is 48.5 Å². The molecule has 0 N–H and O–H groups in total. The van der Waals surface area contributed by atoms with Crippen LogP contribution in [-0.4, -0.2) is 17.1 Å². The molecule has 0 saturated heterocycles. The number of rotatable bonds is 1. The molecule has 3 nitrogen and oxygen atoms in total. The summed E-state index contributed by atoms with van der Waals surface area (Å²) in [5.74, 6) is -0.0747. The second-order valence-corrected chi connectivity index (χ2v) is 5.36. The minimum Gasteiger partial charge on any atom is -0.480 e. The van der Waals surface area contributed by atoms with E-state index in [1.54, 1.807) is 42.5 Å². The van der Waals surface area contributed by atoms with Crippen LogP contribution < -0.4 is 4.74 Å². The summed E-state index contributed by atoms with van der Waals surface area (Å²) in [6.07, 6.45) is -4.56. The van der Waals surface area contributed by atoms with Crippen molar-refractivity contribution >= 4 is 32.7 Å². The van der Waals surface area contributed by atoms with Crippen LogP contribution >= 0.6 is 0 Å². The van der Waals surface area contributed by atoms with Gasteiger partial charge in [-0.05, 0) is 12.1 Å². The van der Waals surface area contributed by atoms with E-state index in [1.165, 1.54) is 13.2 Å². The summed E-state index contributed by atoms with van der Waals surface area (Å²) in [5.41, 5.74) is 0.301. The number of nitrogens with zero attached hydrogens (tertiary/aromatic N) is 2. The first kappa shape index (κ1) is 14.7. The number of fused-ring (bicyclic) bond motifs is 4. The average molecular weight is 328 g/mol. The maximum Gasteiger partial charge on any atom is 0.417 e. The van der Waals surface area contributed by atoms with Gasteiger partial charge >= 0.3 is 6.18 Å². The molecule has 0 radical (unpaired) electrons. The van der Waals surface area contributed by atoms with Crippen LogP contribution in [-0.2, 0) is 6.18 Å². The van der Waals surface area contributed by atoms with Gasteiger partial charge in [0.25, 0.3) is 0 Å². The Hall–Kier alpha value is -2.89. The molecule has 2 heterocycles. The molecule has 2 aromatic heterocycles. The Labute approximate surface area is 134 Å². The van der Waals surface area contributed by atoms with Crippen LogP contribution in [0, 0.1) is 0 Å². The molecular weight excluding hydrogens is 317 g/mol. The fourth-order valence-electron chi connectivity index (χ4n) is 2.99. The van der Waals surface area contributed by atoms with E-state index in [-0.39, 0.29) is 27.7 Å². The predicted octanol–water partition coefficient (Wildman–Crippen LogP) is 4.96. The van der Waals surface area contributed by atoms with E-state index >= 15 is 0 Å². The fraction of sp³-hybridized carbons (Fsp3) is 0.111. The molecule has 0 saturated carbocycles. The zero-order valence-electron chi connectivity index (χ0n) is 12.6. The molecule has 0 aliphatic heterocycles. The molecule has 0 atom stereocenters. The van der Waals surface area contributed by atoms with Gasteiger partial charge in [0, 0.05) is 10.8 Å². The SMILES string of the molecule is COc1nc2ccccc2c2nc3ccccc3c(C(F)(F)F)c12. The van der Waals surface area contributed by atoms with Crippen molar-refractivity contribution in [1.82, 2.24) is 9.97 Å². The highest BCUT2D eigenvalue weighted by Crippen LogP contribution is 2.43. The summed E-state index contributed by atoms with van der Waals surface area (Å²) < 4.78 is 46.7. The quantitative estimate of drug-likeness (QED) is 0.366. The predicted molar refractivity (Wildman–Crippen MR) is 86.1 cm³/mol. The lowest BCUT2D eigenvalue weighted by Crippen LogP contribution is -2.09. The third-order valence-corrected chi connectivity index (χ3v) is 3.96. The molecule has 0 unspecified atom stereocenters. The molecule has 120 valence electrons. The maximum atomic E-state index is 13.9. The Balaban J connectivity index is 2.36. The summed E-state index contributed by atoms with van der Waals surface area (Å²) >= 11 is 0. The fourth-order valence-corrected chi connectivity index (χ4v) is 2.99. The van der Waals surface area contributed by atoms with Crippen molar-refractivity contribution in [3.8, 4) is 5.88 Å². The molecule has 0 aliphatic carbocycles. The van der Waals surface area contributed by atoms with Crippen LogP contribution in [0.3, 0.4) is 0 Å². The van der Waals surface area contributed by atoms with E-state index in [0.717, 1.165) is 0 Å². The summed E-state index contributed by atoms with van der Waals surface area (Å²) in [5, 5.41) is 0.486. The van der Waals surface area contributed by atoms with Crippen LogP contribution in [0.4, 0.5) is 13.2 Å². The Morgan fingerprint density at radius 1 is 0.833 bits per heavy atom. The first-order valence-electron chi connectivity index (χ1n) is 7.23. The summed E-state index contributed by atoms with van der Waals surface area (Å²) in [7, 11) is 1.31. The van der Waals surface area contributed by atoms with Gasteiger partial charge in [0.05, 0.1) is 34.6 Å². The number of hydrogen-bond acceptors (Lipinski definition) is 3. The average Bonchev–Trinajstić information content (AvgIpc) is 2.58. The Kier molecular flexibility index (Phi) is 3.09. The van der Waals surface area contributed by atoms with Crippen LogP contribution in [0.25, 0.3) is 32.7 Å². The van der Waals surface area contributed by atoms with E-state index in [2.05, 4.69) is 9.97 Å². The topological polar surface area (TPSA) is 35.0 Å². The van der Waals surface area contributed by atoms with Crippen molar-refractivity contribution in [3.05, 3.63) is 54.1 Å².